The Kier molecular flexibility index (Phi) is 5.12. The zero-order valence-electron chi connectivity index (χ0n) is 16.8. The average molecular weight is 466 g/mol. The molecule has 0 saturated carbocycles. The van der Waals surface area contributed by atoms with Crippen LogP contribution in [0.1, 0.15) is 22.3 Å². The zero-order valence-corrected chi connectivity index (χ0v) is 18.3. The highest BCUT2D eigenvalue weighted by molar-refractivity contribution is 6.38. The number of carbonyl (C=O) groups excluding carboxylic acids is 1. The highest BCUT2D eigenvalue weighted by Gasteiger charge is 2.25. The van der Waals surface area contributed by atoms with Crippen molar-refractivity contribution >= 4 is 45.7 Å². The number of carbonyl (C=O) groups is 1. The SMILES string of the molecule is O=C(c1cc(Cl)c(-n2c(=O)[nH]c3ccccc3c2=O)c(Cl)c1)N1CCCc2ccccc21. The largest absolute Gasteiger partial charge is 0.333 e. The summed E-state index contributed by atoms with van der Waals surface area (Å²) in [6, 6.07) is 17.3. The normalized spacial score (nSPS) is 13.2. The predicted octanol–water partition coefficient (Wildman–Crippen LogP) is 4.58. The number of fused-ring (bicyclic) bond motifs is 2. The summed E-state index contributed by atoms with van der Waals surface area (Å²) < 4.78 is 0.900. The van der Waals surface area contributed by atoms with Gasteiger partial charge >= 0.3 is 5.69 Å². The third-order valence-electron chi connectivity index (χ3n) is 5.65. The van der Waals surface area contributed by atoms with E-state index in [4.69, 9.17) is 23.2 Å². The Bertz CT molecular complexity index is 1480. The molecule has 4 aromatic rings. The molecular weight excluding hydrogens is 449 g/mol. The van der Waals surface area contributed by atoms with Gasteiger partial charge in [-0.2, -0.15) is 0 Å². The molecule has 1 aromatic heterocycles. The number of halogens is 2. The number of para-hydroxylation sites is 2. The lowest BCUT2D eigenvalue weighted by Crippen LogP contribution is -2.36. The van der Waals surface area contributed by atoms with Gasteiger partial charge < -0.3 is 9.88 Å². The van der Waals surface area contributed by atoms with E-state index < -0.39 is 11.2 Å². The first-order chi connectivity index (χ1) is 15.5. The molecule has 32 heavy (non-hydrogen) atoms. The fraction of sp³-hybridized carbons (Fsp3) is 0.125. The van der Waals surface area contributed by atoms with Crippen molar-refractivity contribution in [2.75, 3.05) is 11.4 Å². The number of hydrogen-bond acceptors (Lipinski definition) is 3. The molecule has 3 aromatic carbocycles. The third kappa shape index (κ3) is 3.32. The predicted molar refractivity (Wildman–Crippen MR) is 127 cm³/mol. The van der Waals surface area contributed by atoms with Gasteiger partial charge in [0.05, 0.1) is 26.6 Å². The maximum atomic E-state index is 13.3. The molecule has 1 aliphatic rings. The Morgan fingerprint density at radius 3 is 2.41 bits per heavy atom. The van der Waals surface area contributed by atoms with Crippen LogP contribution in [0.25, 0.3) is 16.6 Å². The van der Waals surface area contributed by atoms with E-state index in [0.29, 0.717) is 17.4 Å². The minimum atomic E-state index is -0.665. The molecule has 2 heterocycles. The summed E-state index contributed by atoms with van der Waals surface area (Å²) in [5.74, 6) is -0.243. The number of H-pyrrole nitrogens is 1. The van der Waals surface area contributed by atoms with E-state index in [1.165, 1.54) is 12.1 Å². The fourth-order valence-electron chi connectivity index (χ4n) is 4.17. The fourth-order valence-corrected chi connectivity index (χ4v) is 4.82. The number of nitrogens with one attached hydrogen (secondary N) is 1. The number of aryl methyl sites for hydroxylation is 1. The molecule has 0 aliphatic carbocycles. The van der Waals surface area contributed by atoms with Crippen molar-refractivity contribution in [3.8, 4) is 5.69 Å². The minimum Gasteiger partial charge on any atom is -0.308 e. The molecule has 8 heteroatoms. The first-order valence-electron chi connectivity index (χ1n) is 10.1. The van der Waals surface area contributed by atoms with Crippen LogP contribution in [-0.2, 0) is 6.42 Å². The molecule has 0 spiro atoms. The van der Waals surface area contributed by atoms with Crippen molar-refractivity contribution in [1.82, 2.24) is 9.55 Å². The van der Waals surface area contributed by atoms with Gasteiger partial charge in [0.1, 0.15) is 0 Å². The van der Waals surface area contributed by atoms with Crippen LogP contribution < -0.4 is 16.1 Å². The Labute approximate surface area is 192 Å². The van der Waals surface area contributed by atoms with Gasteiger partial charge in [-0.3, -0.25) is 9.59 Å². The Morgan fingerprint density at radius 1 is 0.938 bits per heavy atom. The Morgan fingerprint density at radius 2 is 1.62 bits per heavy atom. The van der Waals surface area contributed by atoms with Crippen LogP contribution in [0, 0.1) is 0 Å². The first-order valence-corrected chi connectivity index (χ1v) is 10.8. The van der Waals surface area contributed by atoms with Crippen LogP contribution in [0.5, 0.6) is 0 Å². The third-order valence-corrected chi connectivity index (χ3v) is 6.22. The second-order valence-corrected chi connectivity index (χ2v) is 8.41. The quantitative estimate of drug-likeness (QED) is 0.470. The lowest BCUT2D eigenvalue weighted by molar-refractivity contribution is 0.0985. The summed E-state index contributed by atoms with van der Waals surface area (Å²) in [5.41, 5.74) is 1.50. The lowest BCUT2D eigenvalue weighted by Gasteiger charge is -2.29. The van der Waals surface area contributed by atoms with Gasteiger partial charge in [-0.05, 0) is 48.7 Å². The van der Waals surface area contributed by atoms with Gasteiger partial charge in [-0.15, -0.1) is 0 Å². The number of aromatic nitrogens is 2. The number of hydrogen-bond donors (Lipinski definition) is 1. The smallest absolute Gasteiger partial charge is 0.308 e. The molecule has 0 bridgehead atoms. The molecule has 0 unspecified atom stereocenters. The topological polar surface area (TPSA) is 75.2 Å². The van der Waals surface area contributed by atoms with Gasteiger partial charge in [-0.25, -0.2) is 9.36 Å². The van der Waals surface area contributed by atoms with Crippen molar-refractivity contribution in [3.05, 3.63) is 103 Å². The highest BCUT2D eigenvalue weighted by Crippen LogP contribution is 2.32. The highest BCUT2D eigenvalue weighted by atomic mass is 35.5. The Balaban J connectivity index is 1.62. The van der Waals surface area contributed by atoms with Crippen molar-refractivity contribution < 1.29 is 4.79 Å². The van der Waals surface area contributed by atoms with Crippen LogP contribution >= 0.6 is 23.2 Å². The van der Waals surface area contributed by atoms with Crippen molar-refractivity contribution in [2.24, 2.45) is 0 Å². The standard InChI is InChI=1S/C24H17Cl2N3O3/c25-17-12-15(22(30)28-11-5-7-14-6-1-4-10-20(14)28)13-18(26)21(17)29-23(31)16-8-2-3-9-19(16)27-24(29)32/h1-4,6,8-10,12-13H,5,7,11H2,(H,27,32). The first kappa shape index (κ1) is 20.5. The zero-order chi connectivity index (χ0) is 22.4. The maximum absolute atomic E-state index is 13.3. The molecule has 1 amide bonds. The maximum Gasteiger partial charge on any atom is 0.333 e. The summed E-state index contributed by atoms with van der Waals surface area (Å²) in [7, 11) is 0. The van der Waals surface area contributed by atoms with Crippen LogP contribution in [0.3, 0.4) is 0 Å². The summed E-state index contributed by atoms with van der Waals surface area (Å²) in [4.78, 5) is 43.4. The number of anilines is 1. The number of rotatable bonds is 2. The molecule has 0 radical (unpaired) electrons. The summed E-state index contributed by atoms with van der Waals surface area (Å²) in [6.07, 6.45) is 1.76. The molecule has 0 atom stereocenters. The monoisotopic (exact) mass is 465 g/mol. The van der Waals surface area contributed by atoms with Crippen LogP contribution in [0.15, 0.2) is 70.3 Å². The van der Waals surface area contributed by atoms with Crippen molar-refractivity contribution in [1.29, 1.82) is 0 Å². The number of amides is 1. The lowest BCUT2D eigenvalue weighted by atomic mass is 10.0. The van der Waals surface area contributed by atoms with Gasteiger partial charge in [0, 0.05) is 17.8 Å². The van der Waals surface area contributed by atoms with Gasteiger partial charge in [0.15, 0.2) is 0 Å². The number of aromatic amines is 1. The van der Waals surface area contributed by atoms with Crippen LogP contribution in [-0.4, -0.2) is 22.0 Å². The van der Waals surface area contributed by atoms with Crippen molar-refractivity contribution in [2.45, 2.75) is 12.8 Å². The molecule has 160 valence electrons. The number of benzene rings is 3. The molecule has 1 aliphatic heterocycles. The van der Waals surface area contributed by atoms with Crippen LogP contribution in [0.4, 0.5) is 5.69 Å². The van der Waals surface area contributed by atoms with Gasteiger partial charge in [-0.1, -0.05) is 53.5 Å². The summed E-state index contributed by atoms with van der Waals surface area (Å²) in [5, 5.41) is 0.396. The molecule has 5 rings (SSSR count). The molecule has 0 saturated heterocycles. The molecule has 0 fully saturated rings. The molecule has 6 nitrogen and oxygen atoms in total. The molecular formula is C24H17Cl2N3O3. The molecule has 1 N–H and O–H groups in total. The average Bonchev–Trinajstić information content (AvgIpc) is 2.79. The van der Waals surface area contributed by atoms with E-state index in [-0.39, 0.29) is 27.2 Å². The van der Waals surface area contributed by atoms with E-state index in [9.17, 15) is 14.4 Å². The van der Waals surface area contributed by atoms with E-state index >= 15 is 0 Å². The summed E-state index contributed by atoms with van der Waals surface area (Å²) in [6.45, 7) is 0.580. The van der Waals surface area contributed by atoms with Crippen molar-refractivity contribution in [3.63, 3.8) is 0 Å². The van der Waals surface area contributed by atoms with Crippen LogP contribution in [0.2, 0.25) is 10.0 Å². The van der Waals surface area contributed by atoms with E-state index in [1.807, 2.05) is 24.3 Å². The number of nitrogens with zero attached hydrogens (tertiary/aromatic N) is 2. The summed E-state index contributed by atoms with van der Waals surface area (Å²) >= 11 is 13.0. The van der Waals surface area contributed by atoms with Gasteiger partial charge in [0.25, 0.3) is 11.5 Å². The van der Waals surface area contributed by atoms with E-state index in [1.54, 1.807) is 29.2 Å². The van der Waals surface area contributed by atoms with E-state index in [2.05, 4.69) is 4.98 Å². The second kappa shape index (κ2) is 7.97. The minimum absolute atomic E-state index is 0.0361. The van der Waals surface area contributed by atoms with Gasteiger partial charge in [0.2, 0.25) is 0 Å². The van der Waals surface area contributed by atoms with E-state index in [0.717, 1.165) is 28.7 Å². The second-order valence-electron chi connectivity index (χ2n) is 7.59. The Hall–Kier alpha value is -3.35.